The fourth-order valence-electron chi connectivity index (χ4n) is 2.85. The van der Waals surface area contributed by atoms with E-state index in [-0.39, 0.29) is 18.3 Å². The van der Waals surface area contributed by atoms with Crippen LogP contribution in [0.1, 0.15) is 28.9 Å². The van der Waals surface area contributed by atoms with Crippen molar-refractivity contribution in [2.45, 2.75) is 25.8 Å². The monoisotopic (exact) mass is 351 g/mol. The molecule has 23 heavy (non-hydrogen) atoms. The molecule has 0 bridgehead atoms. The number of nitrogens with zero attached hydrogens (tertiary/aromatic N) is 2. The van der Waals surface area contributed by atoms with Crippen LogP contribution in [0.15, 0.2) is 29.6 Å². The van der Waals surface area contributed by atoms with Crippen molar-refractivity contribution < 1.29 is 4.79 Å². The van der Waals surface area contributed by atoms with Gasteiger partial charge in [0, 0.05) is 24.0 Å². The summed E-state index contributed by atoms with van der Waals surface area (Å²) < 4.78 is 0. The van der Waals surface area contributed by atoms with E-state index in [1.54, 1.807) is 0 Å². The number of hydrogen-bond acceptors (Lipinski definition) is 4. The van der Waals surface area contributed by atoms with Gasteiger partial charge in [0.1, 0.15) is 10.7 Å². The number of benzene rings is 1. The average Bonchev–Trinajstić information content (AvgIpc) is 3.04. The van der Waals surface area contributed by atoms with Crippen molar-refractivity contribution in [3.05, 3.63) is 40.9 Å². The van der Waals surface area contributed by atoms with Gasteiger partial charge < -0.3 is 10.2 Å². The quantitative estimate of drug-likeness (QED) is 0.922. The van der Waals surface area contributed by atoms with Crippen molar-refractivity contribution in [1.82, 2.24) is 15.2 Å². The Morgan fingerprint density at radius 1 is 1.30 bits per heavy atom. The van der Waals surface area contributed by atoms with Crippen LogP contribution < -0.4 is 5.32 Å². The zero-order chi connectivity index (χ0) is 15.5. The molecule has 2 heterocycles. The van der Waals surface area contributed by atoms with E-state index in [4.69, 9.17) is 0 Å². The normalized spacial score (nSPS) is 15.0. The number of nitrogens with one attached hydrogen (secondary N) is 1. The molecule has 0 saturated carbocycles. The second kappa shape index (κ2) is 7.90. The molecular formula is C17H22ClN3OS. The Labute approximate surface area is 147 Å². The Kier molecular flexibility index (Phi) is 6.16. The molecule has 6 heteroatoms. The summed E-state index contributed by atoms with van der Waals surface area (Å²) in [6, 6.07) is 8.46. The van der Waals surface area contributed by atoms with Gasteiger partial charge in [0.15, 0.2) is 0 Å². The molecular weight excluding hydrogens is 330 g/mol. The Morgan fingerprint density at radius 2 is 2.00 bits per heavy atom. The molecule has 2 aromatic rings. The van der Waals surface area contributed by atoms with Gasteiger partial charge in [0.2, 0.25) is 0 Å². The zero-order valence-electron chi connectivity index (χ0n) is 13.4. The molecule has 0 unspecified atom stereocenters. The van der Waals surface area contributed by atoms with Gasteiger partial charge in [-0.15, -0.1) is 23.7 Å². The van der Waals surface area contributed by atoms with Crippen LogP contribution >= 0.6 is 23.7 Å². The van der Waals surface area contributed by atoms with E-state index in [1.165, 1.54) is 16.9 Å². The molecule has 0 atom stereocenters. The molecule has 4 nitrogen and oxygen atoms in total. The predicted molar refractivity (Wildman–Crippen MR) is 97.5 cm³/mol. The number of amides is 1. The first-order valence-corrected chi connectivity index (χ1v) is 8.54. The molecule has 1 aliphatic rings. The lowest BCUT2D eigenvalue weighted by Crippen LogP contribution is -2.44. The molecule has 0 radical (unpaired) electrons. The molecule has 1 N–H and O–H groups in total. The van der Waals surface area contributed by atoms with Gasteiger partial charge in [0.25, 0.3) is 5.91 Å². The van der Waals surface area contributed by atoms with E-state index in [0.29, 0.717) is 11.7 Å². The van der Waals surface area contributed by atoms with Crippen LogP contribution in [0.4, 0.5) is 0 Å². The molecule has 1 amide bonds. The second-order valence-electron chi connectivity index (χ2n) is 5.75. The molecule has 3 rings (SSSR count). The minimum atomic E-state index is 0. The summed E-state index contributed by atoms with van der Waals surface area (Å²) in [7, 11) is 1.89. The fraction of sp³-hybridized carbons (Fsp3) is 0.412. The number of halogens is 1. The lowest BCUT2D eigenvalue weighted by atomic mass is 10.1. The minimum absolute atomic E-state index is 0. The zero-order valence-corrected chi connectivity index (χ0v) is 15.0. The number of rotatable bonds is 3. The number of carbonyl (C=O) groups excluding carboxylic acids is 1. The fourth-order valence-corrected chi connectivity index (χ4v) is 3.73. The van der Waals surface area contributed by atoms with Crippen LogP contribution in [0.5, 0.6) is 0 Å². The highest BCUT2D eigenvalue weighted by Gasteiger charge is 2.24. The van der Waals surface area contributed by atoms with Crippen LogP contribution in [0, 0.1) is 6.92 Å². The van der Waals surface area contributed by atoms with Gasteiger partial charge in [-0.1, -0.05) is 24.3 Å². The molecule has 1 aromatic carbocycles. The summed E-state index contributed by atoms with van der Waals surface area (Å²) in [4.78, 5) is 19.1. The van der Waals surface area contributed by atoms with E-state index in [9.17, 15) is 4.79 Å². The summed E-state index contributed by atoms with van der Waals surface area (Å²) in [6.07, 6.45) is 2.02. The highest BCUT2D eigenvalue weighted by molar-refractivity contribution is 7.13. The topological polar surface area (TPSA) is 45.2 Å². The predicted octanol–water partition coefficient (Wildman–Crippen LogP) is 3.36. The van der Waals surface area contributed by atoms with Crippen LogP contribution in [0.3, 0.4) is 0 Å². The molecule has 124 valence electrons. The summed E-state index contributed by atoms with van der Waals surface area (Å²) >= 11 is 1.54. The van der Waals surface area contributed by atoms with Crippen molar-refractivity contribution in [3.63, 3.8) is 0 Å². The van der Waals surface area contributed by atoms with E-state index in [2.05, 4.69) is 29.4 Å². The smallest absolute Gasteiger partial charge is 0.273 e. The standard InChI is InChI=1S/C17H21N3OS.ClH/c1-12-5-3-4-6-14(12)16-19-15(11-22-16)17(21)20(2)13-7-9-18-10-8-13;/h3-6,11,13,18H,7-10H2,1-2H3;1H. The number of thiazole rings is 1. The third-order valence-electron chi connectivity index (χ3n) is 4.28. The summed E-state index contributed by atoms with van der Waals surface area (Å²) in [5.41, 5.74) is 2.85. The van der Waals surface area contributed by atoms with E-state index >= 15 is 0 Å². The van der Waals surface area contributed by atoms with E-state index in [0.717, 1.165) is 36.5 Å². The number of hydrogen-bond donors (Lipinski definition) is 1. The van der Waals surface area contributed by atoms with Gasteiger partial charge in [-0.3, -0.25) is 4.79 Å². The SMILES string of the molecule is Cc1ccccc1-c1nc(C(=O)N(C)C2CCNCC2)cs1.Cl. The number of aryl methyl sites for hydroxylation is 1. The lowest BCUT2D eigenvalue weighted by Gasteiger charge is -2.31. The van der Waals surface area contributed by atoms with Gasteiger partial charge >= 0.3 is 0 Å². The molecule has 1 saturated heterocycles. The number of piperidine rings is 1. The molecule has 0 spiro atoms. The Morgan fingerprint density at radius 3 is 2.70 bits per heavy atom. The largest absolute Gasteiger partial charge is 0.337 e. The summed E-state index contributed by atoms with van der Waals surface area (Å²) in [5.74, 6) is 0.0305. The number of carbonyl (C=O) groups is 1. The van der Waals surface area contributed by atoms with Crippen molar-refractivity contribution in [2.75, 3.05) is 20.1 Å². The first-order chi connectivity index (χ1) is 10.7. The number of aromatic nitrogens is 1. The van der Waals surface area contributed by atoms with Crippen molar-refractivity contribution in [2.24, 2.45) is 0 Å². The van der Waals surface area contributed by atoms with Crippen molar-refractivity contribution in [3.8, 4) is 10.6 Å². The molecule has 0 aliphatic carbocycles. The van der Waals surface area contributed by atoms with E-state index < -0.39 is 0 Å². The van der Waals surface area contributed by atoms with Crippen LogP contribution in [-0.4, -0.2) is 42.0 Å². The van der Waals surface area contributed by atoms with Gasteiger partial charge in [-0.05, 0) is 38.4 Å². The van der Waals surface area contributed by atoms with E-state index in [1.807, 2.05) is 29.5 Å². The molecule has 1 fully saturated rings. The van der Waals surface area contributed by atoms with Crippen LogP contribution in [0.2, 0.25) is 0 Å². The summed E-state index contributed by atoms with van der Waals surface area (Å²) in [5, 5.41) is 6.12. The maximum Gasteiger partial charge on any atom is 0.273 e. The summed E-state index contributed by atoms with van der Waals surface area (Å²) in [6.45, 7) is 4.03. The molecule has 1 aliphatic heterocycles. The van der Waals surface area contributed by atoms with Crippen molar-refractivity contribution in [1.29, 1.82) is 0 Å². The first kappa shape index (κ1) is 17.9. The maximum atomic E-state index is 12.6. The highest BCUT2D eigenvalue weighted by atomic mass is 35.5. The maximum absolute atomic E-state index is 12.6. The lowest BCUT2D eigenvalue weighted by molar-refractivity contribution is 0.0698. The van der Waals surface area contributed by atoms with Gasteiger partial charge in [-0.25, -0.2) is 4.98 Å². The van der Waals surface area contributed by atoms with Gasteiger partial charge in [-0.2, -0.15) is 0 Å². The Balaban J connectivity index is 0.00000192. The first-order valence-electron chi connectivity index (χ1n) is 7.66. The second-order valence-corrected chi connectivity index (χ2v) is 6.61. The third-order valence-corrected chi connectivity index (χ3v) is 5.15. The minimum Gasteiger partial charge on any atom is -0.337 e. The van der Waals surface area contributed by atoms with Gasteiger partial charge in [0.05, 0.1) is 0 Å². The Bertz CT molecular complexity index is 667. The van der Waals surface area contributed by atoms with Crippen molar-refractivity contribution >= 4 is 29.7 Å². The highest BCUT2D eigenvalue weighted by Crippen LogP contribution is 2.27. The molecule has 1 aromatic heterocycles. The average molecular weight is 352 g/mol. The van der Waals surface area contributed by atoms with Crippen LogP contribution in [0.25, 0.3) is 10.6 Å². The Hall–Kier alpha value is -1.43. The third kappa shape index (κ3) is 3.91. The van der Waals surface area contributed by atoms with Crippen LogP contribution in [-0.2, 0) is 0 Å².